The van der Waals surface area contributed by atoms with E-state index in [1.165, 1.54) is 6.20 Å². The van der Waals surface area contributed by atoms with E-state index in [2.05, 4.69) is 15.7 Å². The number of aliphatic carboxylic acids is 1. The third-order valence-electron chi connectivity index (χ3n) is 2.52. The van der Waals surface area contributed by atoms with E-state index < -0.39 is 17.9 Å². The van der Waals surface area contributed by atoms with E-state index in [4.69, 9.17) is 5.11 Å². The van der Waals surface area contributed by atoms with Crippen molar-refractivity contribution >= 4 is 23.6 Å². The SMILES string of the molecule is CCn1cc(NC(=O)NC(=O)CC(C)CC(=O)O)cn1. The zero-order valence-electron chi connectivity index (χ0n) is 11.4. The average Bonchev–Trinajstić information content (AvgIpc) is 2.74. The highest BCUT2D eigenvalue weighted by molar-refractivity contribution is 6.01. The zero-order valence-corrected chi connectivity index (χ0v) is 11.4. The highest BCUT2D eigenvalue weighted by Gasteiger charge is 2.15. The summed E-state index contributed by atoms with van der Waals surface area (Å²) >= 11 is 0. The highest BCUT2D eigenvalue weighted by Crippen LogP contribution is 2.07. The molecule has 0 aliphatic carbocycles. The van der Waals surface area contributed by atoms with E-state index in [1.807, 2.05) is 6.92 Å². The van der Waals surface area contributed by atoms with Gasteiger partial charge in [-0.1, -0.05) is 6.92 Å². The summed E-state index contributed by atoms with van der Waals surface area (Å²) in [6, 6.07) is -0.659. The summed E-state index contributed by atoms with van der Waals surface area (Å²) in [5.74, 6) is -1.82. The van der Waals surface area contributed by atoms with Crippen LogP contribution in [0.4, 0.5) is 10.5 Å². The summed E-state index contributed by atoms with van der Waals surface area (Å²) in [7, 11) is 0. The number of nitrogens with one attached hydrogen (secondary N) is 2. The van der Waals surface area contributed by atoms with E-state index in [1.54, 1.807) is 17.8 Å². The zero-order chi connectivity index (χ0) is 15.1. The number of carbonyl (C=O) groups is 3. The molecule has 110 valence electrons. The molecule has 0 radical (unpaired) electrons. The molecule has 1 unspecified atom stereocenters. The van der Waals surface area contributed by atoms with Gasteiger partial charge in [-0.25, -0.2) is 4.79 Å². The van der Waals surface area contributed by atoms with Gasteiger partial charge in [0.25, 0.3) is 0 Å². The lowest BCUT2D eigenvalue weighted by molar-refractivity contribution is -0.138. The molecule has 0 saturated heterocycles. The van der Waals surface area contributed by atoms with Gasteiger partial charge in [0.2, 0.25) is 5.91 Å². The van der Waals surface area contributed by atoms with Crippen molar-refractivity contribution in [2.24, 2.45) is 5.92 Å². The minimum atomic E-state index is -0.971. The fraction of sp³-hybridized carbons (Fsp3) is 0.500. The second-order valence-electron chi connectivity index (χ2n) is 4.49. The number of rotatable bonds is 6. The molecule has 1 rings (SSSR count). The van der Waals surface area contributed by atoms with Gasteiger partial charge in [0.1, 0.15) is 0 Å². The van der Waals surface area contributed by atoms with Crippen LogP contribution >= 0.6 is 0 Å². The topological polar surface area (TPSA) is 113 Å². The minimum absolute atomic E-state index is 0.0199. The Balaban J connectivity index is 2.38. The van der Waals surface area contributed by atoms with Crippen molar-refractivity contribution in [2.45, 2.75) is 33.2 Å². The van der Waals surface area contributed by atoms with Crippen LogP contribution in [-0.2, 0) is 16.1 Å². The predicted molar refractivity (Wildman–Crippen MR) is 71.1 cm³/mol. The fourth-order valence-electron chi connectivity index (χ4n) is 1.63. The third kappa shape index (κ3) is 5.51. The Morgan fingerprint density at radius 3 is 2.65 bits per heavy atom. The van der Waals surface area contributed by atoms with Crippen LogP contribution in [0.25, 0.3) is 0 Å². The standard InChI is InChI=1S/C12H18N4O4/c1-3-16-7-9(6-13-16)14-12(20)15-10(17)4-8(2)5-11(18)19/h6-8H,3-5H2,1-2H3,(H,18,19)(H2,14,15,17,20). The Morgan fingerprint density at radius 2 is 2.10 bits per heavy atom. The molecule has 3 amide bonds. The van der Waals surface area contributed by atoms with Crippen molar-refractivity contribution < 1.29 is 19.5 Å². The summed E-state index contributed by atoms with van der Waals surface area (Å²) in [6.45, 7) is 4.22. The largest absolute Gasteiger partial charge is 0.481 e. The summed E-state index contributed by atoms with van der Waals surface area (Å²) in [6.07, 6.45) is 2.98. The molecular formula is C12H18N4O4. The molecule has 0 saturated carbocycles. The van der Waals surface area contributed by atoms with Crippen LogP contribution in [0.15, 0.2) is 12.4 Å². The van der Waals surface area contributed by atoms with Crippen molar-refractivity contribution in [3.63, 3.8) is 0 Å². The van der Waals surface area contributed by atoms with Gasteiger partial charge in [-0.15, -0.1) is 0 Å². The molecule has 0 aliphatic heterocycles. The maximum atomic E-state index is 11.5. The van der Waals surface area contributed by atoms with E-state index in [-0.39, 0.29) is 18.8 Å². The Kier molecular flexibility index (Phi) is 5.70. The number of carboxylic acid groups (broad SMARTS) is 1. The van der Waals surface area contributed by atoms with Crippen LogP contribution in [0, 0.1) is 5.92 Å². The fourth-order valence-corrected chi connectivity index (χ4v) is 1.63. The van der Waals surface area contributed by atoms with Crippen LogP contribution in [0.3, 0.4) is 0 Å². The van der Waals surface area contributed by atoms with Crippen molar-refractivity contribution in [3.8, 4) is 0 Å². The normalized spacial score (nSPS) is 11.7. The number of amides is 3. The quantitative estimate of drug-likeness (QED) is 0.721. The van der Waals surface area contributed by atoms with Crippen LogP contribution in [-0.4, -0.2) is 32.8 Å². The number of carboxylic acids is 1. The summed E-state index contributed by atoms with van der Waals surface area (Å²) < 4.78 is 1.63. The number of hydrogen-bond donors (Lipinski definition) is 3. The Labute approximate surface area is 116 Å². The van der Waals surface area contributed by atoms with E-state index >= 15 is 0 Å². The predicted octanol–water partition coefficient (Wildman–Crippen LogP) is 1.05. The second kappa shape index (κ2) is 7.27. The summed E-state index contributed by atoms with van der Waals surface area (Å²) in [5.41, 5.74) is 0.482. The lowest BCUT2D eigenvalue weighted by Gasteiger charge is -2.08. The van der Waals surface area contributed by atoms with Gasteiger partial charge in [0.05, 0.1) is 11.9 Å². The highest BCUT2D eigenvalue weighted by atomic mass is 16.4. The molecule has 0 fully saturated rings. The average molecular weight is 282 g/mol. The van der Waals surface area contributed by atoms with Gasteiger partial charge in [-0.2, -0.15) is 5.10 Å². The van der Waals surface area contributed by atoms with Crippen molar-refractivity contribution in [1.82, 2.24) is 15.1 Å². The molecule has 1 aromatic heterocycles. The molecular weight excluding hydrogens is 264 g/mol. The van der Waals surface area contributed by atoms with Gasteiger partial charge in [-0.3, -0.25) is 19.6 Å². The minimum Gasteiger partial charge on any atom is -0.481 e. The van der Waals surface area contributed by atoms with Gasteiger partial charge in [-0.05, 0) is 12.8 Å². The first kappa shape index (κ1) is 15.7. The van der Waals surface area contributed by atoms with E-state index in [0.717, 1.165) is 0 Å². The van der Waals surface area contributed by atoms with Gasteiger partial charge in [0, 0.05) is 25.6 Å². The number of hydrogen-bond acceptors (Lipinski definition) is 4. The molecule has 0 aliphatic rings. The molecule has 1 aromatic rings. The number of aromatic nitrogens is 2. The Hall–Kier alpha value is -2.38. The van der Waals surface area contributed by atoms with Crippen LogP contribution in [0.2, 0.25) is 0 Å². The smallest absolute Gasteiger partial charge is 0.325 e. The maximum Gasteiger partial charge on any atom is 0.325 e. The first-order chi connectivity index (χ1) is 9.40. The van der Waals surface area contributed by atoms with Crippen LogP contribution in [0.1, 0.15) is 26.7 Å². The maximum absolute atomic E-state index is 11.5. The number of nitrogens with zero attached hydrogens (tertiary/aromatic N) is 2. The van der Waals surface area contributed by atoms with Gasteiger partial charge < -0.3 is 10.4 Å². The third-order valence-corrected chi connectivity index (χ3v) is 2.52. The molecule has 1 heterocycles. The first-order valence-electron chi connectivity index (χ1n) is 6.25. The Morgan fingerprint density at radius 1 is 1.40 bits per heavy atom. The summed E-state index contributed by atoms with van der Waals surface area (Å²) in [4.78, 5) is 33.5. The van der Waals surface area contributed by atoms with Crippen molar-refractivity contribution in [2.75, 3.05) is 5.32 Å². The monoisotopic (exact) mass is 282 g/mol. The van der Waals surface area contributed by atoms with Crippen LogP contribution in [0.5, 0.6) is 0 Å². The molecule has 1 atom stereocenters. The number of aryl methyl sites for hydroxylation is 1. The molecule has 8 nitrogen and oxygen atoms in total. The number of urea groups is 1. The van der Waals surface area contributed by atoms with Crippen molar-refractivity contribution in [3.05, 3.63) is 12.4 Å². The van der Waals surface area contributed by atoms with E-state index in [0.29, 0.717) is 12.2 Å². The second-order valence-corrected chi connectivity index (χ2v) is 4.49. The molecule has 0 bridgehead atoms. The lowest BCUT2D eigenvalue weighted by Crippen LogP contribution is -2.35. The summed E-state index contributed by atoms with van der Waals surface area (Å²) in [5, 5.41) is 17.2. The molecule has 8 heteroatoms. The molecule has 0 spiro atoms. The number of imide groups is 1. The Bertz CT molecular complexity index is 497. The van der Waals surface area contributed by atoms with Crippen molar-refractivity contribution in [1.29, 1.82) is 0 Å². The number of carbonyl (C=O) groups excluding carboxylic acids is 2. The molecule has 0 aromatic carbocycles. The lowest BCUT2D eigenvalue weighted by atomic mass is 10.0. The van der Waals surface area contributed by atoms with Gasteiger partial charge in [0.15, 0.2) is 0 Å². The first-order valence-corrected chi connectivity index (χ1v) is 6.25. The number of anilines is 1. The van der Waals surface area contributed by atoms with Gasteiger partial charge >= 0.3 is 12.0 Å². The molecule has 20 heavy (non-hydrogen) atoms. The van der Waals surface area contributed by atoms with Crippen LogP contribution < -0.4 is 10.6 Å². The van der Waals surface area contributed by atoms with E-state index in [9.17, 15) is 14.4 Å². The molecule has 3 N–H and O–H groups in total.